The predicted octanol–water partition coefficient (Wildman–Crippen LogP) is 4.68. The van der Waals surface area contributed by atoms with Crippen LogP contribution in [-0.4, -0.2) is 61.9 Å². The van der Waals surface area contributed by atoms with Gasteiger partial charge in [-0.25, -0.2) is 19.4 Å². The van der Waals surface area contributed by atoms with Crippen LogP contribution in [0.25, 0.3) is 16.9 Å². The number of hydrogen-bond donors (Lipinski definition) is 1. The molecule has 2 aromatic heterocycles. The van der Waals surface area contributed by atoms with Crippen molar-refractivity contribution in [2.45, 2.75) is 45.3 Å². The third-order valence-electron chi connectivity index (χ3n) is 6.61. The van der Waals surface area contributed by atoms with Crippen molar-refractivity contribution in [3.05, 3.63) is 76.8 Å². The van der Waals surface area contributed by atoms with Gasteiger partial charge in [0, 0.05) is 18.8 Å². The summed E-state index contributed by atoms with van der Waals surface area (Å²) in [4.78, 5) is 49.7. The lowest BCUT2D eigenvalue weighted by molar-refractivity contribution is 0.0172. The van der Waals surface area contributed by atoms with Crippen LogP contribution < -0.4 is 11.0 Å². The van der Waals surface area contributed by atoms with E-state index in [2.05, 4.69) is 10.3 Å². The number of likely N-dealkylation sites (tertiary alicyclic amines) is 1. The van der Waals surface area contributed by atoms with E-state index in [1.165, 1.54) is 11.7 Å². The number of amides is 1. The molecule has 2 aromatic carbocycles. The Labute approximate surface area is 231 Å². The van der Waals surface area contributed by atoms with Gasteiger partial charge < -0.3 is 19.7 Å². The van der Waals surface area contributed by atoms with Crippen LogP contribution in [0.2, 0.25) is 0 Å². The number of esters is 1. The van der Waals surface area contributed by atoms with Crippen molar-refractivity contribution in [1.82, 2.24) is 24.0 Å². The molecule has 1 amide bonds. The summed E-state index contributed by atoms with van der Waals surface area (Å²) >= 11 is 0. The number of piperidine rings is 1. The number of imidazole rings is 1. The van der Waals surface area contributed by atoms with E-state index < -0.39 is 17.7 Å². The van der Waals surface area contributed by atoms with Crippen molar-refractivity contribution in [3.63, 3.8) is 0 Å². The molecule has 1 unspecified atom stereocenters. The van der Waals surface area contributed by atoms with Crippen molar-refractivity contribution in [2.75, 3.05) is 25.5 Å². The number of hydrogen-bond acceptors (Lipinski definition) is 8. The van der Waals surface area contributed by atoms with Crippen LogP contribution in [0.1, 0.15) is 50.0 Å². The first-order valence-corrected chi connectivity index (χ1v) is 13.1. The molecule has 1 N–H and O–H groups in total. The molecule has 3 heterocycles. The molecule has 1 atom stereocenters. The molecule has 4 aromatic rings. The zero-order valence-electron chi connectivity index (χ0n) is 23.0. The van der Waals surface area contributed by atoms with E-state index in [0.29, 0.717) is 54.3 Å². The molecule has 1 saturated heterocycles. The monoisotopic (exact) mass is 544 g/mol. The van der Waals surface area contributed by atoms with Gasteiger partial charge in [0.25, 0.3) is 0 Å². The molecule has 1 fully saturated rings. The average molecular weight is 545 g/mol. The van der Waals surface area contributed by atoms with Gasteiger partial charge in [-0.1, -0.05) is 18.2 Å². The largest absolute Gasteiger partial charge is 0.465 e. The molecule has 0 aliphatic carbocycles. The van der Waals surface area contributed by atoms with Gasteiger partial charge in [-0.15, -0.1) is 0 Å². The number of anilines is 2. The van der Waals surface area contributed by atoms with E-state index in [1.807, 2.05) is 51.1 Å². The van der Waals surface area contributed by atoms with Gasteiger partial charge in [-0.2, -0.15) is 4.98 Å². The van der Waals surface area contributed by atoms with Crippen molar-refractivity contribution >= 4 is 34.9 Å². The molecular formula is C29H32N6O5. The van der Waals surface area contributed by atoms with Gasteiger partial charge in [0.1, 0.15) is 11.1 Å². The van der Waals surface area contributed by atoms with E-state index in [9.17, 15) is 14.4 Å². The van der Waals surface area contributed by atoms with Crippen LogP contribution in [0, 0.1) is 0 Å². The van der Waals surface area contributed by atoms with Crippen LogP contribution >= 0.6 is 0 Å². The smallest absolute Gasteiger partial charge is 0.410 e. The fourth-order valence-electron chi connectivity index (χ4n) is 4.81. The van der Waals surface area contributed by atoms with Crippen molar-refractivity contribution < 1.29 is 19.1 Å². The Hall–Kier alpha value is -4.67. The van der Waals surface area contributed by atoms with Crippen LogP contribution in [0.3, 0.4) is 0 Å². The maximum absolute atomic E-state index is 14.0. The van der Waals surface area contributed by atoms with Crippen LogP contribution in [0.4, 0.5) is 16.4 Å². The topological polar surface area (TPSA) is 121 Å². The number of carbonyl (C=O) groups is 2. The van der Waals surface area contributed by atoms with E-state index in [4.69, 9.17) is 14.5 Å². The third-order valence-corrected chi connectivity index (χ3v) is 6.61. The first kappa shape index (κ1) is 26.9. The van der Waals surface area contributed by atoms with Crippen LogP contribution in [-0.2, 0) is 9.47 Å². The van der Waals surface area contributed by atoms with Crippen molar-refractivity contribution in [3.8, 4) is 5.69 Å². The SMILES string of the molecule is COC(=O)c1ccc(-n2c(=O)n(C3CCCN(C(=O)OC(C)(C)C)C3)c3nc(Nc4ccccc4)ncc32)cc1. The molecule has 5 rings (SSSR count). The molecule has 1 aliphatic rings. The number of carbonyl (C=O) groups excluding carboxylic acids is 2. The lowest BCUT2D eigenvalue weighted by atomic mass is 10.1. The van der Waals surface area contributed by atoms with Gasteiger partial charge in [0.15, 0.2) is 5.65 Å². The minimum atomic E-state index is -0.627. The summed E-state index contributed by atoms with van der Waals surface area (Å²) in [5.41, 5.74) is 1.72. The highest BCUT2D eigenvalue weighted by atomic mass is 16.6. The number of nitrogens with one attached hydrogen (secondary N) is 1. The maximum Gasteiger partial charge on any atom is 0.410 e. The Kier molecular flexibility index (Phi) is 7.29. The van der Waals surface area contributed by atoms with E-state index in [-0.39, 0.29) is 11.7 Å². The second-order valence-corrected chi connectivity index (χ2v) is 10.6. The van der Waals surface area contributed by atoms with Crippen LogP contribution in [0.15, 0.2) is 65.6 Å². The predicted molar refractivity (Wildman–Crippen MR) is 150 cm³/mol. The van der Waals surface area contributed by atoms with Crippen LogP contribution in [0.5, 0.6) is 0 Å². The summed E-state index contributed by atoms with van der Waals surface area (Å²) in [6, 6.07) is 15.8. The first-order chi connectivity index (χ1) is 19.1. The highest BCUT2D eigenvalue weighted by Gasteiger charge is 2.31. The summed E-state index contributed by atoms with van der Waals surface area (Å²) in [5.74, 6) is -0.129. The standard InChI is InChI=1S/C29H32N6O5/c1-29(2,3)40-28(38)33-16-8-11-22(18-33)35-24-23(17-30-26(32-24)31-20-9-6-5-7-10-20)34(27(35)37)21-14-12-19(13-15-21)25(36)39-4/h5-7,9-10,12-15,17,22H,8,11,16,18H2,1-4H3,(H,30,31,32). The molecule has 11 heteroatoms. The van der Waals surface area contributed by atoms with E-state index in [1.54, 1.807) is 39.9 Å². The minimum Gasteiger partial charge on any atom is -0.465 e. The second-order valence-electron chi connectivity index (χ2n) is 10.6. The van der Waals surface area contributed by atoms with Gasteiger partial charge in [-0.05, 0) is 70.0 Å². The van der Waals surface area contributed by atoms with Gasteiger partial charge in [0.05, 0.1) is 30.6 Å². The molecule has 0 spiro atoms. The maximum atomic E-state index is 14.0. The van der Waals surface area contributed by atoms with Gasteiger partial charge in [0.2, 0.25) is 5.95 Å². The molecule has 0 saturated carbocycles. The Morgan fingerprint density at radius 1 is 1.05 bits per heavy atom. The summed E-state index contributed by atoms with van der Waals surface area (Å²) in [7, 11) is 1.32. The lowest BCUT2D eigenvalue weighted by Gasteiger charge is -2.34. The summed E-state index contributed by atoms with van der Waals surface area (Å²) in [6.07, 6.45) is 2.59. The minimum absolute atomic E-state index is 0.306. The van der Waals surface area contributed by atoms with Gasteiger partial charge >= 0.3 is 17.8 Å². The number of methoxy groups -OCH3 is 1. The van der Waals surface area contributed by atoms with Crippen molar-refractivity contribution in [2.24, 2.45) is 0 Å². The molecule has 0 bridgehead atoms. The fraction of sp³-hybridized carbons (Fsp3) is 0.345. The first-order valence-electron chi connectivity index (χ1n) is 13.1. The quantitative estimate of drug-likeness (QED) is 0.360. The normalized spacial score (nSPS) is 15.6. The molecule has 208 valence electrons. The summed E-state index contributed by atoms with van der Waals surface area (Å²) in [5, 5.41) is 3.19. The molecular weight excluding hydrogens is 512 g/mol. The zero-order valence-corrected chi connectivity index (χ0v) is 23.0. The fourth-order valence-corrected chi connectivity index (χ4v) is 4.81. The number of para-hydroxylation sites is 1. The Bertz CT molecular complexity index is 1590. The highest BCUT2D eigenvalue weighted by molar-refractivity contribution is 5.89. The third kappa shape index (κ3) is 5.54. The molecule has 1 aliphatic heterocycles. The summed E-state index contributed by atoms with van der Waals surface area (Å²) in [6.45, 7) is 6.33. The number of benzene rings is 2. The van der Waals surface area contributed by atoms with E-state index >= 15 is 0 Å². The van der Waals surface area contributed by atoms with Gasteiger partial charge in [-0.3, -0.25) is 9.13 Å². The lowest BCUT2D eigenvalue weighted by Crippen LogP contribution is -2.45. The van der Waals surface area contributed by atoms with E-state index in [0.717, 1.165) is 5.69 Å². The molecule has 0 radical (unpaired) electrons. The number of nitrogens with zero attached hydrogens (tertiary/aromatic N) is 5. The number of ether oxygens (including phenoxy) is 2. The Balaban J connectivity index is 1.59. The second kappa shape index (κ2) is 10.8. The average Bonchev–Trinajstić information content (AvgIpc) is 3.23. The van der Waals surface area contributed by atoms with Crippen molar-refractivity contribution in [1.29, 1.82) is 0 Å². The Morgan fingerprint density at radius 3 is 2.45 bits per heavy atom. The molecule has 40 heavy (non-hydrogen) atoms. The summed E-state index contributed by atoms with van der Waals surface area (Å²) < 4.78 is 13.6. The number of aromatic nitrogens is 4. The molecule has 11 nitrogen and oxygen atoms in total. The number of fused-ring (bicyclic) bond motifs is 1. The highest BCUT2D eigenvalue weighted by Crippen LogP contribution is 2.27. The Morgan fingerprint density at radius 2 is 1.77 bits per heavy atom. The number of rotatable bonds is 5. The zero-order chi connectivity index (χ0) is 28.4.